The van der Waals surface area contributed by atoms with E-state index in [1.54, 1.807) is 48.5 Å². The van der Waals surface area contributed by atoms with Crippen molar-refractivity contribution in [3.05, 3.63) is 71.8 Å². The zero-order valence-electron chi connectivity index (χ0n) is 13.2. The van der Waals surface area contributed by atoms with Crippen molar-refractivity contribution >= 4 is 11.9 Å². The summed E-state index contributed by atoms with van der Waals surface area (Å²) >= 11 is 0. The van der Waals surface area contributed by atoms with Crippen molar-refractivity contribution in [1.82, 2.24) is 0 Å². The van der Waals surface area contributed by atoms with E-state index >= 15 is 0 Å². The SMILES string of the molecule is COOC(OC)(C(=O)c1ccccc1)c1ccccc1.O=C(O)O. The number of ketones is 1. The second-order valence-electron chi connectivity index (χ2n) is 4.41. The summed E-state index contributed by atoms with van der Waals surface area (Å²) in [4.78, 5) is 31.3. The predicted molar refractivity (Wildman–Crippen MR) is 84.6 cm³/mol. The van der Waals surface area contributed by atoms with Gasteiger partial charge in [-0.2, -0.15) is 4.89 Å². The van der Waals surface area contributed by atoms with Gasteiger partial charge in [-0.05, 0) is 0 Å². The first-order valence-corrected chi connectivity index (χ1v) is 6.82. The van der Waals surface area contributed by atoms with Crippen LogP contribution < -0.4 is 0 Å². The van der Waals surface area contributed by atoms with Crippen LogP contribution in [-0.2, 0) is 20.3 Å². The predicted octanol–water partition coefficient (Wildman–Crippen LogP) is 3.17. The lowest BCUT2D eigenvalue weighted by molar-refractivity contribution is -0.397. The lowest BCUT2D eigenvalue weighted by Crippen LogP contribution is -2.40. The summed E-state index contributed by atoms with van der Waals surface area (Å²) < 4.78 is 5.38. The molecule has 24 heavy (non-hydrogen) atoms. The van der Waals surface area contributed by atoms with E-state index < -0.39 is 11.9 Å². The van der Waals surface area contributed by atoms with Gasteiger partial charge in [-0.3, -0.25) is 4.79 Å². The Kier molecular flexibility index (Phi) is 7.57. The first-order valence-electron chi connectivity index (χ1n) is 6.82. The number of carboxylic acid groups (broad SMARTS) is 2. The molecule has 2 rings (SSSR count). The molecular weight excluding hydrogens is 316 g/mol. The number of hydrogen-bond donors (Lipinski definition) is 2. The number of Topliss-reactive ketones (excluding diaryl/α,β-unsaturated/α-hetero) is 1. The summed E-state index contributed by atoms with van der Waals surface area (Å²) in [5, 5.41) is 13.9. The number of hydrogen-bond acceptors (Lipinski definition) is 5. The minimum Gasteiger partial charge on any atom is -0.450 e. The summed E-state index contributed by atoms with van der Waals surface area (Å²) in [7, 11) is 2.75. The Morgan fingerprint density at radius 3 is 1.75 bits per heavy atom. The van der Waals surface area contributed by atoms with Crippen LogP contribution >= 0.6 is 0 Å². The Hall–Kier alpha value is -2.74. The number of ether oxygens (including phenoxy) is 1. The van der Waals surface area contributed by atoms with E-state index in [1.165, 1.54) is 14.2 Å². The first kappa shape index (κ1) is 19.3. The fourth-order valence-corrected chi connectivity index (χ4v) is 2.02. The highest BCUT2D eigenvalue weighted by Crippen LogP contribution is 2.31. The zero-order chi connectivity index (χ0) is 18.0. The van der Waals surface area contributed by atoms with Gasteiger partial charge in [0.2, 0.25) is 5.78 Å². The van der Waals surface area contributed by atoms with Crippen LogP contribution in [0.15, 0.2) is 60.7 Å². The van der Waals surface area contributed by atoms with E-state index in [0.29, 0.717) is 11.1 Å². The molecule has 7 nitrogen and oxygen atoms in total. The number of carbonyl (C=O) groups is 2. The Morgan fingerprint density at radius 1 is 0.875 bits per heavy atom. The van der Waals surface area contributed by atoms with Gasteiger partial charge in [0.1, 0.15) is 0 Å². The molecule has 128 valence electrons. The van der Waals surface area contributed by atoms with Gasteiger partial charge in [-0.1, -0.05) is 60.7 Å². The molecule has 0 fully saturated rings. The third-order valence-electron chi connectivity index (χ3n) is 2.98. The molecule has 0 amide bonds. The number of carbonyl (C=O) groups excluding carboxylic acids is 1. The maximum Gasteiger partial charge on any atom is 0.503 e. The highest BCUT2D eigenvalue weighted by atomic mass is 17.2. The Labute approximate surface area is 139 Å². The van der Waals surface area contributed by atoms with Crippen molar-refractivity contribution < 1.29 is 34.3 Å². The molecule has 2 aromatic carbocycles. The smallest absolute Gasteiger partial charge is 0.450 e. The summed E-state index contributed by atoms with van der Waals surface area (Å²) in [6.45, 7) is 0. The monoisotopic (exact) mass is 334 g/mol. The van der Waals surface area contributed by atoms with Gasteiger partial charge in [0.15, 0.2) is 0 Å². The molecule has 1 atom stereocenters. The van der Waals surface area contributed by atoms with E-state index in [0.717, 1.165) is 0 Å². The molecule has 0 saturated carbocycles. The lowest BCUT2D eigenvalue weighted by Gasteiger charge is -2.29. The quantitative estimate of drug-likeness (QED) is 0.362. The zero-order valence-corrected chi connectivity index (χ0v) is 13.2. The summed E-state index contributed by atoms with van der Waals surface area (Å²) in [5.74, 6) is -1.94. The van der Waals surface area contributed by atoms with Gasteiger partial charge >= 0.3 is 6.16 Å². The van der Waals surface area contributed by atoms with E-state index in [4.69, 9.17) is 29.5 Å². The number of methoxy groups -OCH3 is 1. The van der Waals surface area contributed by atoms with Crippen molar-refractivity contribution in [1.29, 1.82) is 0 Å². The third-order valence-corrected chi connectivity index (χ3v) is 2.98. The lowest BCUT2D eigenvalue weighted by atomic mass is 9.96. The molecule has 0 heterocycles. The molecule has 0 aliphatic rings. The highest BCUT2D eigenvalue weighted by molar-refractivity contribution is 6.02. The van der Waals surface area contributed by atoms with Crippen molar-refractivity contribution in [3.63, 3.8) is 0 Å². The van der Waals surface area contributed by atoms with Crippen LogP contribution in [0.3, 0.4) is 0 Å². The molecule has 1 unspecified atom stereocenters. The van der Waals surface area contributed by atoms with Gasteiger partial charge < -0.3 is 14.9 Å². The fourth-order valence-electron chi connectivity index (χ4n) is 2.02. The molecule has 0 saturated heterocycles. The molecule has 0 aliphatic heterocycles. The van der Waals surface area contributed by atoms with Crippen molar-refractivity contribution in [2.45, 2.75) is 5.79 Å². The van der Waals surface area contributed by atoms with Crippen molar-refractivity contribution in [2.75, 3.05) is 14.2 Å². The Balaban J connectivity index is 0.000000648. The van der Waals surface area contributed by atoms with Crippen LogP contribution in [0.2, 0.25) is 0 Å². The van der Waals surface area contributed by atoms with Gasteiger partial charge in [-0.25, -0.2) is 9.68 Å². The minimum atomic E-state index is -1.83. The molecular formula is C17H18O7. The molecule has 2 aromatic rings. The van der Waals surface area contributed by atoms with E-state index in [9.17, 15) is 4.79 Å². The van der Waals surface area contributed by atoms with Crippen LogP contribution in [0, 0.1) is 0 Å². The average molecular weight is 334 g/mol. The maximum atomic E-state index is 12.8. The van der Waals surface area contributed by atoms with Crippen molar-refractivity contribution in [2.24, 2.45) is 0 Å². The molecule has 2 N–H and O–H groups in total. The fraction of sp³-hybridized carbons (Fsp3) is 0.176. The summed E-state index contributed by atoms with van der Waals surface area (Å²) in [6, 6.07) is 17.8. The van der Waals surface area contributed by atoms with Crippen LogP contribution in [-0.4, -0.2) is 36.4 Å². The molecule has 0 spiro atoms. The largest absolute Gasteiger partial charge is 0.503 e. The topological polar surface area (TPSA) is 102 Å². The normalized spacial score (nSPS) is 12.4. The number of rotatable bonds is 6. The van der Waals surface area contributed by atoms with Crippen molar-refractivity contribution in [3.8, 4) is 0 Å². The van der Waals surface area contributed by atoms with Crippen LogP contribution in [0.5, 0.6) is 0 Å². The van der Waals surface area contributed by atoms with Gasteiger partial charge in [0, 0.05) is 18.2 Å². The molecule has 7 heteroatoms. The minimum absolute atomic E-state index is 0.325. The van der Waals surface area contributed by atoms with Gasteiger partial charge in [0.05, 0.1) is 7.11 Å². The van der Waals surface area contributed by atoms with Crippen LogP contribution in [0.4, 0.5) is 4.79 Å². The number of benzene rings is 2. The third kappa shape index (κ3) is 4.88. The van der Waals surface area contributed by atoms with Gasteiger partial charge in [-0.15, -0.1) is 0 Å². The molecule has 0 bridgehead atoms. The standard InChI is InChI=1S/C16H16O4.CH2O3/c1-18-16(20-19-2,14-11-7-4-8-12-14)15(17)13-9-5-3-6-10-13;2-1(3)4/h3-12H,1-2H3;(H2,2,3,4). The average Bonchev–Trinajstić information content (AvgIpc) is 2.60. The van der Waals surface area contributed by atoms with E-state index in [1.807, 2.05) is 12.1 Å². The second-order valence-corrected chi connectivity index (χ2v) is 4.41. The second kappa shape index (κ2) is 9.41. The van der Waals surface area contributed by atoms with E-state index in [2.05, 4.69) is 0 Å². The summed E-state index contributed by atoms with van der Waals surface area (Å²) in [6.07, 6.45) is -1.83. The van der Waals surface area contributed by atoms with E-state index in [-0.39, 0.29) is 5.78 Å². The molecule has 0 radical (unpaired) electrons. The molecule has 0 aromatic heterocycles. The molecule has 0 aliphatic carbocycles. The highest BCUT2D eigenvalue weighted by Gasteiger charge is 2.44. The Bertz CT molecular complexity index is 639. The summed E-state index contributed by atoms with van der Waals surface area (Å²) in [5.41, 5.74) is 1.05. The first-order chi connectivity index (χ1) is 11.5. The maximum absolute atomic E-state index is 12.8. The Morgan fingerprint density at radius 2 is 1.33 bits per heavy atom. The van der Waals surface area contributed by atoms with Crippen LogP contribution in [0.25, 0.3) is 0 Å². The van der Waals surface area contributed by atoms with Gasteiger partial charge in [0.25, 0.3) is 5.79 Å². The van der Waals surface area contributed by atoms with Crippen LogP contribution in [0.1, 0.15) is 15.9 Å².